The molecule has 0 radical (unpaired) electrons. The Labute approximate surface area is 130 Å². The van der Waals surface area contributed by atoms with Crippen LogP contribution in [0.15, 0.2) is 18.2 Å². The van der Waals surface area contributed by atoms with Crippen LogP contribution in [0.2, 0.25) is 0 Å². The lowest BCUT2D eigenvalue weighted by Gasteiger charge is -2.47. The van der Waals surface area contributed by atoms with Crippen molar-refractivity contribution >= 4 is 28.5 Å². The molecule has 0 atom stereocenters. The lowest BCUT2D eigenvalue weighted by molar-refractivity contribution is 0.0595. The number of anilines is 1. The number of benzene rings is 1. The van der Waals surface area contributed by atoms with E-state index < -0.39 is 22.6 Å². The molecule has 0 saturated carbocycles. The van der Waals surface area contributed by atoms with E-state index in [1.807, 2.05) is 0 Å². The average Bonchev–Trinajstić information content (AvgIpc) is 2.48. The number of hydrogen-bond acceptors (Lipinski definition) is 5. The van der Waals surface area contributed by atoms with Gasteiger partial charge in [0.1, 0.15) is 0 Å². The molecule has 1 saturated heterocycles. The van der Waals surface area contributed by atoms with Crippen LogP contribution in [-0.4, -0.2) is 34.5 Å². The molecule has 1 aromatic carbocycles. The monoisotopic (exact) mass is 329 g/mol. The molecule has 1 aliphatic heterocycles. The highest BCUT2D eigenvalue weighted by atomic mass is 32.3. The van der Waals surface area contributed by atoms with E-state index in [-0.39, 0.29) is 17.0 Å². The molecule has 5 nitrogen and oxygen atoms in total. The summed E-state index contributed by atoms with van der Waals surface area (Å²) in [5.41, 5.74) is 0.407. The molecule has 22 heavy (non-hydrogen) atoms. The zero-order chi connectivity index (χ0) is 16.3. The molecule has 0 spiro atoms. The summed E-state index contributed by atoms with van der Waals surface area (Å²) < 4.78 is 40.9. The van der Waals surface area contributed by atoms with Crippen LogP contribution in [0.3, 0.4) is 0 Å². The lowest BCUT2D eigenvalue weighted by atomic mass is 10.1. The maximum atomic E-state index is 14.7. The van der Waals surface area contributed by atoms with Crippen molar-refractivity contribution in [3.8, 4) is 0 Å². The van der Waals surface area contributed by atoms with Crippen molar-refractivity contribution in [2.24, 2.45) is 0 Å². The molecule has 0 bridgehead atoms. The minimum atomic E-state index is -3.06. The van der Waals surface area contributed by atoms with Gasteiger partial charge in [0.25, 0.3) is 0 Å². The molecule has 0 amide bonds. The summed E-state index contributed by atoms with van der Waals surface area (Å²) >= 11 is 0. The molecule has 1 heterocycles. The topological polar surface area (TPSA) is 70.0 Å². The van der Waals surface area contributed by atoms with Crippen LogP contribution >= 0.6 is 10.8 Å². The number of esters is 1. The largest absolute Gasteiger partial charge is 0.465 e. The fourth-order valence-corrected chi connectivity index (χ4v) is 4.13. The molecule has 1 aromatic rings. The van der Waals surface area contributed by atoms with E-state index in [1.54, 1.807) is 19.1 Å². The Morgan fingerprint density at radius 1 is 1.41 bits per heavy atom. The van der Waals surface area contributed by atoms with Gasteiger partial charge in [-0.25, -0.2) is 9.18 Å². The van der Waals surface area contributed by atoms with Crippen molar-refractivity contribution in [2.75, 3.05) is 23.7 Å². The van der Waals surface area contributed by atoms with Crippen LogP contribution in [0, 0.1) is 5.82 Å². The maximum absolute atomic E-state index is 14.7. The minimum absolute atomic E-state index is 0.0238. The fraction of sp³-hybridized carbons (Fsp3) is 0.400. The van der Waals surface area contributed by atoms with Gasteiger partial charge in [-0.05, 0) is 37.5 Å². The molecule has 7 heteroatoms. The summed E-state index contributed by atoms with van der Waals surface area (Å²) in [5.74, 6) is -1.38. The van der Waals surface area contributed by atoms with Gasteiger partial charge in [0, 0.05) is 6.54 Å². The zero-order valence-corrected chi connectivity index (χ0v) is 13.4. The third-order valence-corrected chi connectivity index (χ3v) is 5.41. The molecule has 1 fully saturated rings. The second kappa shape index (κ2) is 6.68. The second-order valence-corrected chi connectivity index (χ2v) is 7.15. The summed E-state index contributed by atoms with van der Waals surface area (Å²) in [5, 5.41) is 0. The van der Waals surface area contributed by atoms with Crippen LogP contribution in [0.1, 0.15) is 35.7 Å². The van der Waals surface area contributed by atoms with E-state index in [4.69, 9.17) is 0 Å². The summed E-state index contributed by atoms with van der Waals surface area (Å²) in [6, 6.07) is 2.90. The first-order chi connectivity index (χ1) is 10.4. The number of halogens is 1. The van der Waals surface area contributed by atoms with E-state index in [0.717, 1.165) is 6.42 Å². The summed E-state index contributed by atoms with van der Waals surface area (Å²) in [6.45, 7) is 2.13. The summed E-state index contributed by atoms with van der Waals surface area (Å²) in [7, 11) is -1.88. The van der Waals surface area contributed by atoms with Gasteiger partial charge in [0.05, 0.1) is 24.1 Å². The molecule has 0 unspecified atom stereocenters. The number of nitrogens with zero attached hydrogens (tertiary/aromatic N) is 1. The summed E-state index contributed by atoms with van der Waals surface area (Å²) in [4.78, 5) is 11.8. The highest BCUT2D eigenvalue weighted by molar-refractivity contribution is 8.25. The van der Waals surface area contributed by atoms with E-state index >= 15 is 0 Å². The Morgan fingerprint density at radius 2 is 2.14 bits per heavy atom. The SMILES string of the molecule is CC=Cc1cc(C(=O)OC)c(F)c(N2CCCCS2(O)O)c1. The van der Waals surface area contributed by atoms with Crippen LogP contribution < -0.4 is 4.31 Å². The third kappa shape index (κ3) is 3.26. The number of allylic oxidation sites excluding steroid dienone is 1. The zero-order valence-electron chi connectivity index (χ0n) is 12.6. The van der Waals surface area contributed by atoms with Gasteiger partial charge < -0.3 is 4.74 Å². The fourth-order valence-electron chi connectivity index (χ4n) is 2.45. The quantitative estimate of drug-likeness (QED) is 0.823. The number of rotatable bonds is 3. The minimum Gasteiger partial charge on any atom is -0.465 e. The van der Waals surface area contributed by atoms with Crippen molar-refractivity contribution in [1.82, 2.24) is 0 Å². The molecule has 0 aliphatic carbocycles. The number of carbonyl (C=O) groups excluding carboxylic acids is 1. The van der Waals surface area contributed by atoms with E-state index in [9.17, 15) is 18.3 Å². The predicted molar refractivity (Wildman–Crippen MR) is 86.7 cm³/mol. The number of hydrogen-bond donors (Lipinski definition) is 2. The molecule has 2 N–H and O–H groups in total. The molecule has 2 rings (SSSR count). The Kier molecular flexibility index (Phi) is 5.10. The highest BCUT2D eigenvalue weighted by Gasteiger charge is 2.31. The third-order valence-electron chi connectivity index (χ3n) is 3.49. The van der Waals surface area contributed by atoms with E-state index in [1.165, 1.54) is 23.5 Å². The van der Waals surface area contributed by atoms with Crippen molar-refractivity contribution in [3.63, 3.8) is 0 Å². The van der Waals surface area contributed by atoms with Crippen LogP contribution in [-0.2, 0) is 4.74 Å². The van der Waals surface area contributed by atoms with Gasteiger partial charge in [-0.1, -0.05) is 12.2 Å². The Hall–Kier alpha value is -1.57. The first-order valence-corrected chi connectivity index (χ1v) is 8.66. The van der Waals surface area contributed by atoms with Gasteiger partial charge >= 0.3 is 5.97 Å². The van der Waals surface area contributed by atoms with Crippen molar-refractivity contribution < 1.29 is 23.0 Å². The average molecular weight is 329 g/mol. The number of methoxy groups -OCH3 is 1. The number of ether oxygens (including phenoxy) is 1. The van der Waals surface area contributed by atoms with Gasteiger partial charge in [0.2, 0.25) is 0 Å². The van der Waals surface area contributed by atoms with Gasteiger partial charge in [-0.3, -0.25) is 13.4 Å². The predicted octanol–water partition coefficient (Wildman–Crippen LogP) is 3.91. The number of carbonyl (C=O) groups is 1. The molecule has 0 aromatic heterocycles. The Balaban J connectivity index is 2.58. The summed E-state index contributed by atoms with van der Waals surface area (Å²) in [6.07, 6.45) is 4.88. The molecular formula is C15H20FNO4S. The normalized spacial score (nSPS) is 19.2. The van der Waals surface area contributed by atoms with Crippen molar-refractivity contribution in [2.45, 2.75) is 19.8 Å². The first kappa shape index (κ1) is 16.8. The van der Waals surface area contributed by atoms with E-state index in [0.29, 0.717) is 18.5 Å². The Bertz CT molecular complexity index is 603. The highest BCUT2D eigenvalue weighted by Crippen LogP contribution is 2.50. The molecule has 1 aliphatic rings. The van der Waals surface area contributed by atoms with Crippen molar-refractivity contribution in [1.29, 1.82) is 0 Å². The Morgan fingerprint density at radius 3 is 2.73 bits per heavy atom. The van der Waals surface area contributed by atoms with Crippen LogP contribution in [0.4, 0.5) is 10.1 Å². The van der Waals surface area contributed by atoms with Gasteiger partial charge in [-0.2, -0.15) is 0 Å². The van der Waals surface area contributed by atoms with Gasteiger partial charge in [0.15, 0.2) is 5.82 Å². The second-order valence-electron chi connectivity index (χ2n) is 5.04. The first-order valence-electron chi connectivity index (χ1n) is 6.99. The molecule has 122 valence electrons. The standard InChI is InChI=1S/C15H20FNO4S/c1-3-6-11-9-12(15(18)21-2)14(16)13(10-11)17-7-4-5-8-22(17,19)20/h3,6,9-10,19-20H,4-5,7-8H2,1-2H3. The van der Waals surface area contributed by atoms with Crippen LogP contribution in [0.5, 0.6) is 0 Å². The van der Waals surface area contributed by atoms with Gasteiger partial charge in [-0.15, -0.1) is 10.8 Å². The molecular weight excluding hydrogens is 309 g/mol. The van der Waals surface area contributed by atoms with Crippen LogP contribution in [0.25, 0.3) is 6.08 Å². The van der Waals surface area contributed by atoms with E-state index in [2.05, 4.69) is 4.74 Å². The lowest BCUT2D eigenvalue weighted by Crippen LogP contribution is -2.35. The maximum Gasteiger partial charge on any atom is 0.340 e. The smallest absolute Gasteiger partial charge is 0.340 e. The van der Waals surface area contributed by atoms with Crippen molar-refractivity contribution in [3.05, 3.63) is 35.2 Å².